The molecular formula is C16H16BrN3. The molecule has 0 fully saturated rings. The van der Waals surface area contributed by atoms with Crippen LogP contribution in [0.5, 0.6) is 0 Å². The van der Waals surface area contributed by atoms with Crippen LogP contribution in [0.3, 0.4) is 0 Å². The van der Waals surface area contributed by atoms with E-state index in [-0.39, 0.29) is 0 Å². The van der Waals surface area contributed by atoms with Crippen LogP contribution in [-0.2, 0) is 6.54 Å². The quantitative estimate of drug-likeness (QED) is 0.775. The summed E-state index contributed by atoms with van der Waals surface area (Å²) in [6, 6.07) is 12.4. The van der Waals surface area contributed by atoms with E-state index in [0.717, 1.165) is 28.0 Å². The second-order valence-electron chi connectivity index (χ2n) is 4.89. The number of aryl methyl sites for hydroxylation is 2. The Kier molecular flexibility index (Phi) is 3.49. The van der Waals surface area contributed by atoms with Crippen LogP contribution in [0.4, 0.5) is 5.69 Å². The van der Waals surface area contributed by atoms with Crippen molar-refractivity contribution in [3.05, 3.63) is 64.0 Å². The van der Waals surface area contributed by atoms with Crippen molar-refractivity contribution in [2.24, 2.45) is 0 Å². The third-order valence-corrected chi connectivity index (χ3v) is 4.34. The van der Waals surface area contributed by atoms with Crippen LogP contribution in [0.25, 0.3) is 5.65 Å². The Morgan fingerprint density at radius 1 is 1.20 bits per heavy atom. The molecule has 0 aliphatic carbocycles. The zero-order valence-electron chi connectivity index (χ0n) is 11.5. The lowest BCUT2D eigenvalue weighted by molar-refractivity contribution is 0.986. The minimum Gasteiger partial charge on any atom is -0.379 e. The maximum atomic E-state index is 4.57. The molecule has 0 aliphatic heterocycles. The van der Waals surface area contributed by atoms with Gasteiger partial charge in [0.15, 0.2) is 0 Å². The Balaban J connectivity index is 1.86. The molecule has 0 unspecified atom stereocenters. The molecule has 0 aliphatic rings. The van der Waals surface area contributed by atoms with E-state index in [9.17, 15) is 0 Å². The first-order chi connectivity index (χ1) is 9.65. The van der Waals surface area contributed by atoms with Crippen molar-refractivity contribution >= 4 is 27.3 Å². The minimum atomic E-state index is 0.762. The highest BCUT2D eigenvalue weighted by Gasteiger charge is 2.07. The van der Waals surface area contributed by atoms with Crippen LogP contribution in [0.15, 0.2) is 47.1 Å². The Labute approximate surface area is 126 Å². The molecule has 2 aromatic heterocycles. The summed E-state index contributed by atoms with van der Waals surface area (Å²) in [4.78, 5) is 4.57. The average Bonchev–Trinajstić information content (AvgIpc) is 2.76. The van der Waals surface area contributed by atoms with E-state index in [1.807, 2.05) is 18.2 Å². The predicted octanol–water partition coefficient (Wildman–Crippen LogP) is 4.33. The number of benzene rings is 1. The number of anilines is 1. The number of imidazole rings is 1. The highest BCUT2D eigenvalue weighted by molar-refractivity contribution is 9.10. The maximum Gasteiger partial charge on any atom is 0.137 e. The zero-order chi connectivity index (χ0) is 14.1. The Morgan fingerprint density at radius 3 is 2.85 bits per heavy atom. The van der Waals surface area contributed by atoms with Gasteiger partial charge in [0.2, 0.25) is 0 Å². The van der Waals surface area contributed by atoms with E-state index in [0.29, 0.717) is 0 Å². The first-order valence-corrected chi connectivity index (χ1v) is 7.37. The molecule has 3 nitrogen and oxygen atoms in total. The number of pyridine rings is 1. The molecule has 1 N–H and O–H groups in total. The van der Waals surface area contributed by atoms with Gasteiger partial charge in [0.05, 0.1) is 17.9 Å². The van der Waals surface area contributed by atoms with Gasteiger partial charge in [-0.3, -0.25) is 0 Å². The smallest absolute Gasteiger partial charge is 0.137 e. The van der Waals surface area contributed by atoms with E-state index in [4.69, 9.17) is 0 Å². The highest BCUT2D eigenvalue weighted by atomic mass is 79.9. The first kappa shape index (κ1) is 13.2. The lowest BCUT2D eigenvalue weighted by Crippen LogP contribution is -2.04. The standard InChI is InChI=1S/C16H16BrN3/c1-11-9-13(6-7-14(11)17)18-10-15-12(2)19-16-5-3-4-8-20(15)16/h3-9,18H,10H2,1-2H3. The van der Waals surface area contributed by atoms with Crippen LogP contribution in [0, 0.1) is 13.8 Å². The number of rotatable bonds is 3. The first-order valence-electron chi connectivity index (χ1n) is 6.58. The zero-order valence-corrected chi connectivity index (χ0v) is 13.1. The van der Waals surface area contributed by atoms with Gasteiger partial charge in [0.1, 0.15) is 5.65 Å². The van der Waals surface area contributed by atoms with E-state index in [1.54, 1.807) is 0 Å². The largest absolute Gasteiger partial charge is 0.379 e. The number of fused-ring (bicyclic) bond motifs is 1. The summed E-state index contributed by atoms with van der Waals surface area (Å²) >= 11 is 3.52. The number of hydrogen-bond acceptors (Lipinski definition) is 2. The third kappa shape index (κ3) is 2.43. The van der Waals surface area contributed by atoms with Gasteiger partial charge in [0.25, 0.3) is 0 Å². The van der Waals surface area contributed by atoms with Crippen molar-refractivity contribution in [2.75, 3.05) is 5.32 Å². The van der Waals surface area contributed by atoms with Crippen LogP contribution in [-0.4, -0.2) is 9.38 Å². The predicted molar refractivity (Wildman–Crippen MR) is 86.1 cm³/mol. The van der Waals surface area contributed by atoms with Gasteiger partial charge in [-0.05, 0) is 49.7 Å². The SMILES string of the molecule is Cc1cc(NCc2c(C)nc3ccccn23)ccc1Br. The third-order valence-electron chi connectivity index (χ3n) is 3.45. The van der Waals surface area contributed by atoms with Gasteiger partial charge in [-0.1, -0.05) is 22.0 Å². The summed E-state index contributed by atoms with van der Waals surface area (Å²) in [7, 11) is 0. The second kappa shape index (κ2) is 5.29. The maximum absolute atomic E-state index is 4.57. The lowest BCUT2D eigenvalue weighted by atomic mass is 10.2. The van der Waals surface area contributed by atoms with Crippen molar-refractivity contribution < 1.29 is 0 Å². The molecule has 0 saturated carbocycles. The lowest BCUT2D eigenvalue weighted by Gasteiger charge is -2.09. The summed E-state index contributed by atoms with van der Waals surface area (Å²) in [6.45, 7) is 4.91. The molecule has 0 saturated heterocycles. The van der Waals surface area contributed by atoms with E-state index < -0.39 is 0 Å². The molecule has 3 aromatic rings. The minimum absolute atomic E-state index is 0.762. The Hall–Kier alpha value is -1.81. The van der Waals surface area contributed by atoms with Gasteiger partial charge >= 0.3 is 0 Å². The van der Waals surface area contributed by atoms with Crippen LogP contribution < -0.4 is 5.32 Å². The Bertz CT molecular complexity index is 762. The topological polar surface area (TPSA) is 29.3 Å². The van der Waals surface area contributed by atoms with Gasteiger partial charge in [-0.2, -0.15) is 0 Å². The number of nitrogens with one attached hydrogen (secondary N) is 1. The molecule has 0 amide bonds. The van der Waals surface area contributed by atoms with Crippen LogP contribution in [0.1, 0.15) is 17.0 Å². The number of hydrogen-bond donors (Lipinski definition) is 1. The van der Waals surface area contributed by atoms with Gasteiger partial charge in [-0.15, -0.1) is 0 Å². The fraction of sp³-hybridized carbons (Fsp3) is 0.188. The molecule has 0 spiro atoms. The normalized spacial score (nSPS) is 10.9. The van der Waals surface area contributed by atoms with Crippen molar-refractivity contribution in [3.63, 3.8) is 0 Å². The number of halogens is 1. The van der Waals surface area contributed by atoms with E-state index in [1.165, 1.54) is 11.3 Å². The van der Waals surface area contributed by atoms with Gasteiger partial charge in [-0.25, -0.2) is 4.98 Å². The fourth-order valence-corrected chi connectivity index (χ4v) is 2.56. The molecule has 102 valence electrons. The number of nitrogens with zero attached hydrogens (tertiary/aromatic N) is 2. The Morgan fingerprint density at radius 2 is 2.05 bits per heavy atom. The summed E-state index contributed by atoms with van der Waals surface area (Å²) < 4.78 is 3.27. The van der Waals surface area contributed by atoms with Gasteiger partial charge in [0, 0.05) is 16.4 Å². The van der Waals surface area contributed by atoms with Crippen molar-refractivity contribution in [1.82, 2.24) is 9.38 Å². The van der Waals surface area contributed by atoms with E-state index in [2.05, 4.69) is 68.9 Å². The molecular weight excluding hydrogens is 314 g/mol. The average molecular weight is 330 g/mol. The summed E-state index contributed by atoms with van der Waals surface area (Å²) in [5, 5.41) is 3.47. The number of aromatic nitrogens is 2. The fourth-order valence-electron chi connectivity index (χ4n) is 2.32. The summed E-state index contributed by atoms with van der Waals surface area (Å²) in [6.07, 6.45) is 2.05. The van der Waals surface area contributed by atoms with Crippen molar-refractivity contribution in [3.8, 4) is 0 Å². The molecule has 3 rings (SSSR count). The second-order valence-corrected chi connectivity index (χ2v) is 5.74. The van der Waals surface area contributed by atoms with E-state index >= 15 is 0 Å². The molecule has 0 radical (unpaired) electrons. The molecule has 2 heterocycles. The summed E-state index contributed by atoms with van der Waals surface area (Å²) in [5.74, 6) is 0. The molecule has 20 heavy (non-hydrogen) atoms. The van der Waals surface area contributed by atoms with Crippen LogP contribution >= 0.6 is 15.9 Å². The molecule has 1 aromatic carbocycles. The monoisotopic (exact) mass is 329 g/mol. The van der Waals surface area contributed by atoms with Gasteiger partial charge < -0.3 is 9.72 Å². The molecule has 4 heteroatoms. The van der Waals surface area contributed by atoms with Crippen molar-refractivity contribution in [2.45, 2.75) is 20.4 Å². The molecule has 0 atom stereocenters. The molecule has 0 bridgehead atoms. The van der Waals surface area contributed by atoms with Crippen LogP contribution in [0.2, 0.25) is 0 Å². The highest BCUT2D eigenvalue weighted by Crippen LogP contribution is 2.21. The summed E-state index contributed by atoms with van der Waals surface area (Å²) in [5.41, 5.74) is 5.60. The van der Waals surface area contributed by atoms with Crippen molar-refractivity contribution in [1.29, 1.82) is 0 Å².